The molecule has 0 atom stereocenters. The van der Waals surface area contributed by atoms with Crippen LogP contribution in [-0.2, 0) is 12.8 Å². The third kappa shape index (κ3) is 4.22. The predicted octanol–water partition coefficient (Wildman–Crippen LogP) is 9.70. The van der Waals surface area contributed by atoms with E-state index < -0.39 is 0 Å². The number of aryl methyl sites for hydroxylation is 2. The number of nitrogens with zero attached hydrogens (tertiary/aromatic N) is 4. The molecule has 2 aromatic carbocycles. The molecule has 0 bridgehead atoms. The van der Waals surface area contributed by atoms with E-state index in [1.807, 2.05) is 0 Å². The highest BCUT2D eigenvalue weighted by molar-refractivity contribution is 7.15. The number of aromatic nitrogens is 4. The van der Waals surface area contributed by atoms with Crippen molar-refractivity contribution in [1.82, 2.24) is 20.4 Å². The summed E-state index contributed by atoms with van der Waals surface area (Å²) in [6, 6.07) is 0. The molecule has 0 amide bonds. The summed E-state index contributed by atoms with van der Waals surface area (Å²) in [6.07, 6.45) is 3.50. The van der Waals surface area contributed by atoms with E-state index in [1.165, 1.54) is 22.7 Å². The minimum atomic E-state index is 0.205. The Morgan fingerprint density at radius 3 is 1.25 bits per heavy atom. The molecule has 12 heteroatoms. The second-order valence-corrected chi connectivity index (χ2v) is 11.3. The van der Waals surface area contributed by atoms with Crippen LogP contribution in [0.25, 0.3) is 31.9 Å². The Morgan fingerprint density at radius 1 is 0.531 bits per heavy atom. The van der Waals surface area contributed by atoms with Crippen molar-refractivity contribution in [1.29, 1.82) is 0 Å². The monoisotopic (exact) mass is 584 g/mol. The van der Waals surface area contributed by atoms with E-state index in [-0.39, 0.29) is 30.1 Å². The van der Waals surface area contributed by atoms with Crippen molar-refractivity contribution in [2.45, 2.75) is 39.5 Å². The molecule has 0 aliphatic rings. The van der Waals surface area contributed by atoms with Crippen molar-refractivity contribution >= 4 is 103 Å². The third-order valence-corrected chi connectivity index (χ3v) is 9.14. The third-order valence-electron chi connectivity index (χ3n) is 4.68. The molecule has 2 aromatic heterocycles. The van der Waals surface area contributed by atoms with Gasteiger partial charge in [0, 0.05) is 23.6 Å². The molecule has 4 rings (SSSR count). The fraction of sp³-hybridized carbons (Fsp3) is 0.300. The smallest absolute Gasteiger partial charge is 0.143 e. The minimum absolute atomic E-state index is 0.205. The van der Waals surface area contributed by atoms with E-state index in [2.05, 4.69) is 34.2 Å². The molecule has 0 saturated heterocycles. The standard InChI is InChI=1S/C20H14Cl6N4S2/c1-3-5-7-27-29-19(31-7)11-13(21)9-10(15(23)17(11)25)14(22)12(18(26)16(9)24)20-30-28-8(32-20)6-4-2/h3-6H2,1-2H3. The summed E-state index contributed by atoms with van der Waals surface area (Å²) in [5, 5.41) is 22.0. The molecular formula is C20H14Cl6N4S2. The average Bonchev–Trinajstić information content (AvgIpc) is 3.40. The first-order valence-electron chi connectivity index (χ1n) is 9.62. The molecule has 0 aliphatic heterocycles. The highest BCUT2D eigenvalue weighted by Crippen LogP contribution is 2.54. The molecule has 0 N–H and O–H groups in total. The van der Waals surface area contributed by atoms with Gasteiger partial charge in [0.25, 0.3) is 0 Å². The van der Waals surface area contributed by atoms with Gasteiger partial charge in [0.2, 0.25) is 0 Å². The zero-order valence-corrected chi connectivity index (χ0v) is 22.9. The van der Waals surface area contributed by atoms with Crippen LogP contribution in [0.3, 0.4) is 0 Å². The quantitative estimate of drug-likeness (QED) is 0.211. The molecule has 32 heavy (non-hydrogen) atoms. The minimum Gasteiger partial charge on any atom is -0.143 e. The number of hydrogen-bond donors (Lipinski definition) is 0. The van der Waals surface area contributed by atoms with Gasteiger partial charge in [0.15, 0.2) is 10.0 Å². The summed E-state index contributed by atoms with van der Waals surface area (Å²) < 4.78 is 0. The maximum atomic E-state index is 6.80. The fourth-order valence-electron chi connectivity index (χ4n) is 3.23. The molecular weight excluding hydrogens is 573 g/mol. The van der Waals surface area contributed by atoms with Gasteiger partial charge in [0.1, 0.15) is 10.0 Å². The summed E-state index contributed by atoms with van der Waals surface area (Å²) >= 11 is 43.2. The molecule has 2 heterocycles. The van der Waals surface area contributed by atoms with Gasteiger partial charge >= 0.3 is 0 Å². The molecule has 0 unspecified atom stereocenters. The van der Waals surface area contributed by atoms with Crippen LogP contribution < -0.4 is 0 Å². The number of hydrogen-bond acceptors (Lipinski definition) is 6. The van der Waals surface area contributed by atoms with Gasteiger partial charge in [-0.25, -0.2) is 0 Å². The van der Waals surface area contributed by atoms with Gasteiger partial charge in [0.05, 0.1) is 41.3 Å². The van der Waals surface area contributed by atoms with Crippen LogP contribution in [0, 0.1) is 0 Å². The number of fused-ring (bicyclic) bond motifs is 1. The largest absolute Gasteiger partial charge is 0.150 e. The molecule has 0 saturated carbocycles. The Hall–Kier alpha value is -0.440. The Morgan fingerprint density at radius 2 is 0.906 bits per heavy atom. The molecule has 168 valence electrons. The second kappa shape index (κ2) is 10.0. The molecule has 0 radical (unpaired) electrons. The molecule has 0 fully saturated rings. The maximum absolute atomic E-state index is 6.80. The topological polar surface area (TPSA) is 51.6 Å². The predicted molar refractivity (Wildman–Crippen MR) is 140 cm³/mol. The molecule has 0 spiro atoms. The average molecular weight is 587 g/mol. The first kappa shape index (κ1) is 24.7. The summed E-state index contributed by atoms with van der Waals surface area (Å²) in [4.78, 5) is 0. The van der Waals surface area contributed by atoms with Crippen LogP contribution in [0.5, 0.6) is 0 Å². The Labute approximate surface area is 222 Å². The van der Waals surface area contributed by atoms with E-state index in [0.29, 0.717) is 31.9 Å². The normalized spacial score (nSPS) is 11.6. The van der Waals surface area contributed by atoms with Crippen LogP contribution in [0.4, 0.5) is 0 Å². The summed E-state index contributed by atoms with van der Waals surface area (Å²) in [5.41, 5.74) is 0.905. The van der Waals surface area contributed by atoms with Crippen molar-refractivity contribution < 1.29 is 0 Å². The first-order valence-corrected chi connectivity index (χ1v) is 13.5. The molecule has 4 aromatic rings. The molecule has 0 aliphatic carbocycles. The van der Waals surface area contributed by atoms with E-state index in [9.17, 15) is 0 Å². The van der Waals surface area contributed by atoms with Crippen LogP contribution in [0.2, 0.25) is 30.1 Å². The lowest BCUT2D eigenvalue weighted by Crippen LogP contribution is -1.92. The summed E-state index contributed by atoms with van der Waals surface area (Å²) in [5.74, 6) is 0. The highest BCUT2D eigenvalue weighted by Gasteiger charge is 2.28. The fourth-order valence-corrected chi connectivity index (χ4v) is 7.51. The first-order chi connectivity index (χ1) is 15.3. The summed E-state index contributed by atoms with van der Waals surface area (Å²) in [6.45, 7) is 4.14. The number of benzene rings is 2. The zero-order chi connectivity index (χ0) is 23.2. The maximum Gasteiger partial charge on any atom is 0.150 e. The van der Waals surface area contributed by atoms with Gasteiger partial charge < -0.3 is 0 Å². The Balaban J connectivity index is 2.01. The van der Waals surface area contributed by atoms with Gasteiger partial charge in [-0.05, 0) is 12.8 Å². The van der Waals surface area contributed by atoms with Crippen LogP contribution in [0.1, 0.15) is 36.7 Å². The van der Waals surface area contributed by atoms with Crippen molar-refractivity contribution in [2.75, 3.05) is 0 Å². The van der Waals surface area contributed by atoms with E-state index in [0.717, 1.165) is 35.7 Å². The lowest BCUT2D eigenvalue weighted by molar-refractivity contribution is 0.879. The van der Waals surface area contributed by atoms with E-state index in [1.54, 1.807) is 0 Å². The Bertz CT molecular complexity index is 1230. The van der Waals surface area contributed by atoms with Crippen molar-refractivity contribution in [3.63, 3.8) is 0 Å². The van der Waals surface area contributed by atoms with Crippen molar-refractivity contribution in [3.05, 3.63) is 40.2 Å². The van der Waals surface area contributed by atoms with E-state index in [4.69, 9.17) is 69.6 Å². The van der Waals surface area contributed by atoms with Crippen LogP contribution in [0.15, 0.2) is 0 Å². The highest BCUT2D eigenvalue weighted by atomic mass is 35.5. The summed E-state index contributed by atoms with van der Waals surface area (Å²) in [7, 11) is 0. The van der Waals surface area contributed by atoms with Crippen LogP contribution >= 0.6 is 92.3 Å². The zero-order valence-electron chi connectivity index (χ0n) is 16.7. The number of rotatable bonds is 6. The van der Waals surface area contributed by atoms with Gasteiger partial charge in [-0.15, -0.1) is 20.4 Å². The number of halogens is 6. The lowest BCUT2D eigenvalue weighted by Gasteiger charge is -2.17. The van der Waals surface area contributed by atoms with Gasteiger partial charge in [-0.3, -0.25) is 0 Å². The lowest BCUT2D eigenvalue weighted by atomic mass is 10.0. The van der Waals surface area contributed by atoms with Crippen molar-refractivity contribution in [3.8, 4) is 21.1 Å². The van der Waals surface area contributed by atoms with Crippen LogP contribution in [-0.4, -0.2) is 20.4 Å². The van der Waals surface area contributed by atoms with E-state index >= 15 is 0 Å². The van der Waals surface area contributed by atoms with Gasteiger partial charge in [-0.1, -0.05) is 106 Å². The van der Waals surface area contributed by atoms with Crippen molar-refractivity contribution in [2.24, 2.45) is 0 Å². The SMILES string of the molecule is CCCc1nnc(-c2c(Cl)c(Cl)c3c(Cl)c(-c4nnc(CCC)s4)c(Cl)c(Cl)c3c2Cl)s1. The second-order valence-electron chi connectivity index (χ2n) is 6.89. The van der Waals surface area contributed by atoms with Gasteiger partial charge in [-0.2, -0.15) is 0 Å². The Kier molecular flexibility index (Phi) is 7.75. The molecule has 4 nitrogen and oxygen atoms in total.